The van der Waals surface area contributed by atoms with Crippen LogP contribution in [0.2, 0.25) is 0 Å². The monoisotopic (exact) mass is 438 g/mol. The van der Waals surface area contributed by atoms with Crippen molar-refractivity contribution in [3.05, 3.63) is 155 Å². The van der Waals surface area contributed by atoms with Gasteiger partial charge in [0.25, 0.3) is 0 Å². The van der Waals surface area contributed by atoms with Crippen molar-refractivity contribution in [2.24, 2.45) is 0 Å². The average Bonchev–Trinajstić information content (AvgIpc) is 2.79. The molecule has 0 N–H and O–H groups in total. The minimum Gasteiger partial charge on any atom is -0.120 e. The van der Waals surface area contributed by atoms with Gasteiger partial charge in [0.2, 0.25) is 0 Å². The maximum atomic E-state index is 2.22. The first-order chi connectivity index (χ1) is 13.9. The fourth-order valence-electron chi connectivity index (χ4n) is 3.72. The summed E-state index contributed by atoms with van der Waals surface area (Å²) in [6, 6.07) is 43.0. The van der Waals surface area contributed by atoms with E-state index in [1.165, 1.54) is 34.1 Å². The summed E-state index contributed by atoms with van der Waals surface area (Å²) in [4.78, 5) is 0. The van der Waals surface area contributed by atoms with Crippen LogP contribution in [0, 0.1) is 11.8 Å². The number of rotatable bonds is 7. The van der Waals surface area contributed by atoms with E-state index < -0.39 is 0 Å². The van der Waals surface area contributed by atoms with Crippen LogP contribution in [0.5, 0.6) is 0 Å². The molecule has 0 radical (unpaired) electrons. The molecule has 138 valence electrons. The van der Waals surface area contributed by atoms with E-state index in [-0.39, 0.29) is 103 Å². The van der Waals surface area contributed by atoms with Gasteiger partial charge >= 0.3 is 103 Å². The van der Waals surface area contributed by atoms with Gasteiger partial charge in [-0.1, -0.05) is 85.6 Å². The van der Waals surface area contributed by atoms with Crippen molar-refractivity contribution < 1.29 is 103 Å². The van der Waals surface area contributed by atoms with Crippen molar-refractivity contribution in [3.63, 3.8) is 0 Å². The van der Waals surface area contributed by atoms with Gasteiger partial charge in [-0.15, -0.1) is 82.6 Å². The molecule has 0 bridgehead atoms. The molecule has 0 unspecified atom stereocenters. The maximum absolute atomic E-state index is 2.22. The van der Waals surface area contributed by atoms with E-state index in [2.05, 4.69) is 121 Å². The summed E-state index contributed by atoms with van der Waals surface area (Å²) in [7, 11) is 0. The van der Waals surface area contributed by atoms with E-state index in [1.807, 2.05) is 0 Å². The quantitative estimate of drug-likeness (QED) is 0.300. The molecule has 0 spiro atoms. The zero-order valence-corrected chi connectivity index (χ0v) is 24.2. The van der Waals surface area contributed by atoms with Gasteiger partial charge in [0.15, 0.2) is 0 Å². The standard InChI is InChI=1S/C28H24.2K/c1-5-13-23(14-6-1)27(24-15-7-2-8-16-24)21-22-28(25-17-9-3-10-18-25)26-19-11-4-12-20-26;;/h1-20H,21-22H2;;/q-2;2*+1. The van der Waals surface area contributed by atoms with E-state index in [4.69, 9.17) is 0 Å². The first-order valence-corrected chi connectivity index (χ1v) is 9.85. The minimum atomic E-state index is 0. The van der Waals surface area contributed by atoms with Crippen LogP contribution in [0.1, 0.15) is 35.1 Å². The molecule has 30 heavy (non-hydrogen) atoms. The third-order valence-corrected chi connectivity index (χ3v) is 5.11. The fraction of sp³-hybridized carbons (Fsp3) is 0.0714. The Morgan fingerprint density at radius 3 is 0.733 bits per heavy atom. The molecule has 0 atom stereocenters. The molecule has 0 aliphatic rings. The van der Waals surface area contributed by atoms with Gasteiger partial charge in [-0.25, -0.2) is 0 Å². The largest absolute Gasteiger partial charge is 1.00 e. The number of hydrogen-bond acceptors (Lipinski definition) is 0. The Morgan fingerprint density at radius 1 is 0.333 bits per heavy atom. The van der Waals surface area contributed by atoms with Crippen molar-refractivity contribution >= 4 is 0 Å². The van der Waals surface area contributed by atoms with E-state index in [0.29, 0.717) is 0 Å². The van der Waals surface area contributed by atoms with Crippen molar-refractivity contribution in [1.82, 2.24) is 0 Å². The Morgan fingerprint density at radius 2 is 0.533 bits per heavy atom. The Labute approximate surface area is 266 Å². The van der Waals surface area contributed by atoms with Gasteiger partial charge in [0.05, 0.1) is 0 Å². The fourth-order valence-corrected chi connectivity index (χ4v) is 3.72. The molecule has 0 fully saturated rings. The Hall–Kier alpha value is -0.107. The molecule has 4 aromatic rings. The molecule has 4 aromatic carbocycles. The van der Waals surface area contributed by atoms with E-state index in [0.717, 1.165) is 12.8 Å². The van der Waals surface area contributed by atoms with Gasteiger partial charge in [-0.2, -0.15) is 0 Å². The third kappa shape index (κ3) is 7.21. The van der Waals surface area contributed by atoms with Crippen LogP contribution in [0.15, 0.2) is 121 Å². The topological polar surface area (TPSA) is 0 Å². The molecule has 0 amide bonds. The molecule has 0 heterocycles. The number of hydrogen-bond donors (Lipinski definition) is 0. The van der Waals surface area contributed by atoms with Crippen molar-refractivity contribution in [2.45, 2.75) is 12.8 Å². The molecule has 0 aliphatic heterocycles. The van der Waals surface area contributed by atoms with Gasteiger partial charge in [0.1, 0.15) is 0 Å². The molecule has 4 rings (SSSR count). The molecule has 0 nitrogen and oxygen atoms in total. The van der Waals surface area contributed by atoms with Gasteiger partial charge in [-0.3, -0.25) is 0 Å². The predicted molar refractivity (Wildman–Crippen MR) is 118 cm³/mol. The Kier molecular flexibility index (Phi) is 12.3. The molecule has 0 aromatic heterocycles. The summed E-state index contributed by atoms with van der Waals surface area (Å²) < 4.78 is 0. The van der Waals surface area contributed by atoms with Crippen LogP contribution >= 0.6 is 0 Å². The first-order valence-electron chi connectivity index (χ1n) is 9.85. The smallest absolute Gasteiger partial charge is 0.120 e. The second kappa shape index (κ2) is 14.1. The van der Waals surface area contributed by atoms with Crippen molar-refractivity contribution in [3.8, 4) is 0 Å². The van der Waals surface area contributed by atoms with Crippen LogP contribution in [-0.2, 0) is 0 Å². The average molecular weight is 439 g/mol. The van der Waals surface area contributed by atoms with Crippen LogP contribution in [0.3, 0.4) is 0 Å². The van der Waals surface area contributed by atoms with Crippen molar-refractivity contribution in [2.75, 3.05) is 0 Å². The summed E-state index contributed by atoms with van der Waals surface area (Å²) in [6.07, 6.45) is 1.99. The molecule has 0 saturated heterocycles. The Bertz CT molecular complexity index is 792. The van der Waals surface area contributed by atoms with E-state index >= 15 is 0 Å². The molecule has 0 aliphatic carbocycles. The predicted octanol–water partition coefficient (Wildman–Crippen LogP) is 1.12. The molecular formula is C28H24K2. The van der Waals surface area contributed by atoms with Gasteiger partial charge in [-0.05, 0) is 0 Å². The summed E-state index contributed by atoms with van der Waals surface area (Å²) in [6.45, 7) is 0. The van der Waals surface area contributed by atoms with E-state index in [9.17, 15) is 0 Å². The second-order valence-corrected chi connectivity index (χ2v) is 6.92. The van der Waals surface area contributed by atoms with Gasteiger partial charge < -0.3 is 0 Å². The van der Waals surface area contributed by atoms with Crippen LogP contribution in [0.25, 0.3) is 0 Å². The summed E-state index contributed by atoms with van der Waals surface area (Å²) in [5, 5.41) is 0. The number of benzene rings is 4. The van der Waals surface area contributed by atoms with Gasteiger partial charge in [0, 0.05) is 0 Å². The summed E-state index contributed by atoms with van der Waals surface area (Å²) >= 11 is 0. The van der Waals surface area contributed by atoms with Crippen molar-refractivity contribution in [1.29, 1.82) is 0 Å². The molecular weight excluding hydrogens is 415 g/mol. The normalized spacial score (nSPS) is 9.73. The van der Waals surface area contributed by atoms with E-state index in [1.54, 1.807) is 0 Å². The summed E-state index contributed by atoms with van der Waals surface area (Å²) in [5.74, 6) is 2.79. The third-order valence-electron chi connectivity index (χ3n) is 5.11. The van der Waals surface area contributed by atoms with Crippen LogP contribution < -0.4 is 103 Å². The zero-order valence-electron chi connectivity index (χ0n) is 18.0. The first kappa shape index (κ1) is 26.1. The van der Waals surface area contributed by atoms with Crippen LogP contribution in [-0.4, -0.2) is 0 Å². The van der Waals surface area contributed by atoms with Crippen LogP contribution in [0.4, 0.5) is 0 Å². The summed E-state index contributed by atoms with van der Waals surface area (Å²) in [5.41, 5.74) is 5.20. The zero-order chi connectivity index (χ0) is 19.0. The maximum Gasteiger partial charge on any atom is 1.00 e. The minimum absolute atomic E-state index is 0. The molecule has 0 saturated carbocycles. The SMILES string of the molecule is [K+].[K+].c1ccc([C-](CC[C-](c2ccccc2)c2ccccc2)c2ccccc2)cc1. The molecule has 2 heteroatoms. The second-order valence-electron chi connectivity index (χ2n) is 6.92. The Balaban J connectivity index is 0.00000160.